The first kappa shape index (κ1) is 20.9. The second-order valence-corrected chi connectivity index (χ2v) is 8.45. The minimum atomic E-state index is -3.99. The highest BCUT2D eigenvalue weighted by atomic mass is 32.2. The molecule has 0 aromatic heterocycles. The van der Waals surface area contributed by atoms with Crippen molar-refractivity contribution in [3.05, 3.63) is 65.9 Å². The van der Waals surface area contributed by atoms with E-state index in [0.29, 0.717) is 12.2 Å². The van der Waals surface area contributed by atoms with Crippen molar-refractivity contribution in [2.24, 2.45) is 0 Å². The number of anilines is 1. The number of hydrogen-bond acceptors (Lipinski definition) is 5. The molecule has 0 bridgehead atoms. The van der Waals surface area contributed by atoms with Gasteiger partial charge in [0.2, 0.25) is 0 Å². The van der Waals surface area contributed by atoms with Crippen molar-refractivity contribution in [1.82, 2.24) is 9.21 Å². The van der Waals surface area contributed by atoms with Gasteiger partial charge < -0.3 is 15.3 Å². The molecule has 29 heavy (non-hydrogen) atoms. The van der Waals surface area contributed by atoms with Crippen LogP contribution in [-0.2, 0) is 14.8 Å². The van der Waals surface area contributed by atoms with Crippen molar-refractivity contribution in [2.75, 3.05) is 31.5 Å². The first-order valence-electron chi connectivity index (χ1n) is 9.54. The molecule has 7 nitrogen and oxygen atoms in total. The number of benzene rings is 2. The number of aliphatic hydroxyl groups excluding tert-OH is 1. The van der Waals surface area contributed by atoms with Gasteiger partial charge in [-0.25, -0.2) is 8.42 Å². The molecule has 0 fully saturated rings. The molecule has 0 radical (unpaired) electrons. The van der Waals surface area contributed by atoms with E-state index in [4.69, 9.17) is 0 Å². The molecule has 0 saturated carbocycles. The lowest BCUT2D eigenvalue weighted by molar-refractivity contribution is -0.113. The van der Waals surface area contributed by atoms with Gasteiger partial charge in [-0.1, -0.05) is 44.2 Å². The first-order valence-corrected chi connectivity index (χ1v) is 11.0. The van der Waals surface area contributed by atoms with Crippen molar-refractivity contribution >= 4 is 27.4 Å². The van der Waals surface area contributed by atoms with Gasteiger partial charge in [0.15, 0.2) is 11.5 Å². The van der Waals surface area contributed by atoms with Crippen LogP contribution in [-0.4, -0.2) is 54.8 Å². The maximum atomic E-state index is 13.3. The van der Waals surface area contributed by atoms with Crippen molar-refractivity contribution in [1.29, 1.82) is 0 Å². The van der Waals surface area contributed by atoms with E-state index >= 15 is 0 Å². The fourth-order valence-electron chi connectivity index (χ4n) is 3.31. The lowest BCUT2D eigenvalue weighted by Crippen LogP contribution is -2.43. The number of aliphatic hydroxyl groups is 1. The lowest BCUT2D eigenvalue weighted by Gasteiger charge is -2.33. The molecule has 2 N–H and O–H groups in total. The fraction of sp³-hybridized carbons (Fsp3) is 0.286. The molecule has 1 aliphatic heterocycles. The van der Waals surface area contributed by atoms with Crippen LogP contribution < -0.4 is 5.32 Å². The molecule has 2 aromatic carbocycles. The molecule has 1 aliphatic rings. The van der Waals surface area contributed by atoms with Crippen LogP contribution in [0.1, 0.15) is 19.4 Å². The Labute approximate surface area is 171 Å². The number of hydrogen-bond donors (Lipinski definition) is 2. The normalized spacial score (nSPS) is 15.3. The van der Waals surface area contributed by atoms with E-state index in [1.807, 2.05) is 19.9 Å². The fourth-order valence-corrected chi connectivity index (χ4v) is 4.97. The molecule has 3 rings (SSSR count). The summed E-state index contributed by atoms with van der Waals surface area (Å²) < 4.78 is 27.6. The maximum absolute atomic E-state index is 13.3. The summed E-state index contributed by atoms with van der Waals surface area (Å²) in [5.41, 5.74) is 0.377. The van der Waals surface area contributed by atoms with Gasteiger partial charge in [-0.3, -0.25) is 9.10 Å². The number of sulfonamides is 1. The molecule has 1 heterocycles. The Morgan fingerprint density at radius 2 is 1.66 bits per heavy atom. The lowest BCUT2D eigenvalue weighted by atomic mass is 10.1. The predicted octanol–water partition coefficient (Wildman–Crippen LogP) is 2.90. The number of rotatable bonds is 7. The summed E-state index contributed by atoms with van der Waals surface area (Å²) in [5, 5.41) is 13.5. The van der Waals surface area contributed by atoms with Crippen LogP contribution in [0.4, 0.5) is 5.69 Å². The van der Waals surface area contributed by atoms with Crippen LogP contribution in [0.3, 0.4) is 0 Å². The molecule has 0 spiro atoms. The van der Waals surface area contributed by atoms with Crippen LogP contribution in [0, 0.1) is 0 Å². The molecule has 0 saturated heterocycles. The standard InChI is InChI=1S/C21H25N3O4S/c1-3-23(4-2)14-15-24-19(21(26)22-16-10-6-5-7-11-16)20(25)17-12-8-9-13-18(17)29(24,27)28/h5-13,25H,3-4,14-15H2,1-2H3,(H,22,26). The Balaban J connectivity index is 2.05. The molecule has 8 heteroatoms. The largest absolute Gasteiger partial charge is 0.505 e. The van der Waals surface area contributed by atoms with E-state index in [1.165, 1.54) is 12.1 Å². The molecule has 0 atom stereocenters. The van der Waals surface area contributed by atoms with Crippen LogP contribution in [0.5, 0.6) is 0 Å². The molecule has 2 aromatic rings. The van der Waals surface area contributed by atoms with E-state index in [1.54, 1.807) is 36.4 Å². The van der Waals surface area contributed by atoms with Crippen molar-refractivity contribution in [3.8, 4) is 0 Å². The van der Waals surface area contributed by atoms with E-state index in [-0.39, 0.29) is 28.5 Å². The van der Waals surface area contributed by atoms with E-state index in [0.717, 1.165) is 17.4 Å². The van der Waals surface area contributed by atoms with Crippen LogP contribution in [0.15, 0.2) is 65.2 Å². The number of para-hydroxylation sites is 1. The molecule has 0 unspecified atom stereocenters. The quantitative estimate of drug-likeness (QED) is 0.726. The predicted molar refractivity (Wildman–Crippen MR) is 113 cm³/mol. The summed E-state index contributed by atoms with van der Waals surface area (Å²) in [4.78, 5) is 15.1. The Kier molecular flexibility index (Phi) is 6.24. The van der Waals surface area contributed by atoms with Gasteiger partial charge in [-0.2, -0.15) is 0 Å². The number of carbonyl (C=O) groups is 1. The summed E-state index contributed by atoms with van der Waals surface area (Å²) in [6.45, 7) is 5.97. The third-order valence-corrected chi connectivity index (χ3v) is 6.80. The van der Waals surface area contributed by atoms with Gasteiger partial charge in [0.25, 0.3) is 15.9 Å². The zero-order chi connectivity index (χ0) is 21.0. The van der Waals surface area contributed by atoms with Crippen LogP contribution in [0.25, 0.3) is 5.76 Å². The number of carbonyl (C=O) groups excluding carboxylic acids is 1. The Morgan fingerprint density at radius 1 is 1.03 bits per heavy atom. The van der Waals surface area contributed by atoms with Crippen molar-refractivity contribution in [3.63, 3.8) is 0 Å². The van der Waals surface area contributed by atoms with Gasteiger partial charge in [0.05, 0.1) is 4.90 Å². The maximum Gasteiger partial charge on any atom is 0.276 e. The average Bonchev–Trinajstić information content (AvgIpc) is 2.73. The van der Waals surface area contributed by atoms with Crippen molar-refractivity contribution < 1.29 is 18.3 Å². The van der Waals surface area contributed by atoms with E-state index in [2.05, 4.69) is 10.2 Å². The summed E-state index contributed by atoms with van der Waals surface area (Å²) >= 11 is 0. The Morgan fingerprint density at radius 3 is 2.31 bits per heavy atom. The molecule has 1 amide bonds. The number of amides is 1. The zero-order valence-corrected chi connectivity index (χ0v) is 17.3. The molecule has 0 aliphatic carbocycles. The van der Waals surface area contributed by atoms with Crippen molar-refractivity contribution in [2.45, 2.75) is 18.7 Å². The minimum Gasteiger partial charge on any atom is -0.505 e. The van der Waals surface area contributed by atoms with Crippen LogP contribution in [0.2, 0.25) is 0 Å². The monoisotopic (exact) mass is 415 g/mol. The minimum absolute atomic E-state index is 0.00620. The van der Waals surface area contributed by atoms with Gasteiger partial charge in [-0.15, -0.1) is 0 Å². The average molecular weight is 416 g/mol. The molecule has 154 valence electrons. The Bertz CT molecular complexity index is 1020. The van der Waals surface area contributed by atoms with Gasteiger partial charge in [0.1, 0.15) is 0 Å². The molecular formula is C21H25N3O4S. The van der Waals surface area contributed by atoms with Crippen LogP contribution >= 0.6 is 0 Å². The summed E-state index contributed by atoms with van der Waals surface area (Å²) in [6.07, 6.45) is 0. The third kappa shape index (κ3) is 4.13. The van der Waals surface area contributed by atoms with E-state index in [9.17, 15) is 18.3 Å². The summed E-state index contributed by atoms with van der Waals surface area (Å²) in [6, 6.07) is 14.9. The second-order valence-electron chi connectivity index (χ2n) is 6.62. The highest BCUT2D eigenvalue weighted by Crippen LogP contribution is 2.35. The highest BCUT2D eigenvalue weighted by molar-refractivity contribution is 7.89. The Hall–Kier alpha value is -2.84. The number of likely N-dealkylation sites (N-methyl/N-ethyl adjacent to an activating group) is 1. The van der Waals surface area contributed by atoms with Gasteiger partial charge in [0, 0.05) is 24.3 Å². The topological polar surface area (TPSA) is 89.9 Å². The van der Waals surface area contributed by atoms with Gasteiger partial charge in [-0.05, 0) is 37.4 Å². The smallest absolute Gasteiger partial charge is 0.276 e. The number of nitrogens with one attached hydrogen (secondary N) is 1. The summed E-state index contributed by atoms with van der Waals surface area (Å²) in [7, 11) is -3.99. The number of fused-ring (bicyclic) bond motifs is 1. The second kappa shape index (κ2) is 8.67. The summed E-state index contributed by atoms with van der Waals surface area (Å²) in [5.74, 6) is -1.02. The molecular weight excluding hydrogens is 390 g/mol. The first-order chi connectivity index (χ1) is 13.9. The zero-order valence-electron chi connectivity index (χ0n) is 16.5. The third-order valence-electron chi connectivity index (χ3n) is 4.94. The SMILES string of the molecule is CCN(CC)CCN1C(C(=O)Nc2ccccc2)=C(O)c2ccccc2S1(=O)=O. The highest BCUT2D eigenvalue weighted by Gasteiger charge is 2.39. The number of nitrogens with zero attached hydrogens (tertiary/aromatic N) is 2. The van der Waals surface area contributed by atoms with Gasteiger partial charge >= 0.3 is 0 Å². The van der Waals surface area contributed by atoms with E-state index < -0.39 is 15.9 Å².